The minimum absolute atomic E-state index is 0.0885. The van der Waals surface area contributed by atoms with E-state index in [2.05, 4.69) is 4.98 Å². The van der Waals surface area contributed by atoms with E-state index in [0.717, 1.165) is 35.2 Å². The van der Waals surface area contributed by atoms with Gasteiger partial charge in [0.15, 0.2) is 17.6 Å². The van der Waals surface area contributed by atoms with Gasteiger partial charge >= 0.3 is 11.9 Å². The number of fused-ring (bicyclic) bond motifs is 3. The Morgan fingerprint density at radius 1 is 1.00 bits per heavy atom. The summed E-state index contributed by atoms with van der Waals surface area (Å²) in [6.45, 7) is 2.50. The number of nitrogens with zero attached hydrogens (tertiary/aromatic N) is 2. The monoisotopic (exact) mass is 546 g/mol. The fourth-order valence-electron chi connectivity index (χ4n) is 4.72. The maximum atomic E-state index is 10.3. The molecule has 2 aliphatic rings. The number of aliphatic imine (C=N–C) groups is 1. The Hall–Kier alpha value is -3.90. The molecule has 0 saturated heterocycles. The molecular weight excluding hydrogens is 512 g/mol. The van der Waals surface area contributed by atoms with Crippen LogP contribution in [0.5, 0.6) is 23.1 Å². The van der Waals surface area contributed by atoms with Crippen LogP contribution < -0.4 is 18.9 Å². The second kappa shape index (κ2) is 13.3. The van der Waals surface area contributed by atoms with Crippen LogP contribution in [-0.4, -0.2) is 89.2 Å². The SMILES string of the molecule is CCOc1cc2c(cc1OC)C(c1cnc(OC)cc1OC)=N[C@@H]1CC[C@@H](O)C[C@H]21.O=C(O)C[C@H](O)C(=O)O. The van der Waals surface area contributed by atoms with Crippen LogP contribution in [0.1, 0.15) is 55.2 Å². The smallest absolute Gasteiger partial charge is 0.333 e. The van der Waals surface area contributed by atoms with E-state index in [1.165, 1.54) is 0 Å². The van der Waals surface area contributed by atoms with Gasteiger partial charge in [-0.3, -0.25) is 9.79 Å². The summed E-state index contributed by atoms with van der Waals surface area (Å²) in [5.41, 5.74) is 3.69. The summed E-state index contributed by atoms with van der Waals surface area (Å²) >= 11 is 0. The number of methoxy groups -OCH3 is 3. The first kappa shape index (κ1) is 29.7. The molecule has 0 amide bonds. The zero-order valence-electron chi connectivity index (χ0n) is 22.3. The number of pyridine rings is 1. The fraction of sp³-hybridized carbons (Fsp3) is 0.481. The van der Waals surface area contributed by atoms with E-state index in [9.17, 15) is 14.7 Å². The van der Waals surface area contributed by atoms with E-state index < -0.39 is 24.5 Å². The standard InChI is InChI=1S/C23H28N2O5.C4H6O5/c1-5-30-21-9-14-15-8-13(26)6-7-18(15)25-23(16(14)10-20(21)28-3)17-12-24-22(29-4)11-19(17)27-2;5-2(4(8)9)1-3(6)7/h9-13,15,18,26H,5-8H2,1-4H3;2,5H,1H2,(H,6,7)(H,8,9)/t13-,15-,18-;2-/m10/s1. The van der Waals surface area contributed by atoms with Crippen molar-refractivity contribution in [3.63, 3.8) is 0 Å². The van der Waals surface area contributed by atoms with Crippen molar-refractivity contribution in [1.29, 1.82) is 0 Å². The molecular formula is C27H34N2O10. The Balaban J connectivity index is 0.000000403. The van der Waals surface area contributed by atoms with Gasteiger partial charge < -0.3 is 39.4 Å². The van der Waals surface area contributed by atoms with Gasteiger partial charge in [-0.2, -0.15) is 0 Å². The lowest BCUT2D eigenvalue weighted by Crippen LogP contribution is -2.34. The fourth-order valence-corrected chi connectivity index (χ4v) is 4.72. The molecule has 0 radical (unpaired) electrons. The number of carboxylic acids is 2. The van der Waals surface area contributed by atoms with Crippen molar-refractivity contribution in [2.24, 2.45) is 4.99 Å². The highest BCUT2D eigenvalue weighted by Gasteiger charge is 2.38. The Morgan fingerprint density at radius 2 is 1.72 bits per heavy atom. The summed E-state index contributed by atoms with van der Waals surface area (Å²) in [5.74, 6) is -0.224. The third-order valence-corrected chi connectivity index (χ3v) is 6.55. The third kappa shape index (κ3) is 6.95. The van der Waals surface area contributed by atoms with E-state index in [-0.39, 0.29) is 18.1 Å². The average molecular weight is 547 g/mol. The van der Waals surface area contributed by atoms with Crippen LogP contribution in [0, 0.1) is 0 Å². The average Bonchev–Trinajstić information content (AvgIpc) is 2.92. The maximum absolute atomic E-state index is 10.3. The Bertz CT molecular complexity index is 1220. The summed E-state index contributed by atoms with van der Waals surface area (Å²) < 4.78 is 22.3. The van der Waals surface area contributed by atoms with Crippen molar-refractivity contribution in [2.75, 3.05) is 27.9 Å². The van der Waals surface area contributed by atoms with Crippen LogP contribution in [0.25, 0.3) is 0 Å². The Labute approximate surface area is 225 Å². The third-order valence-electron chi connectivity index (χ3n) is 6.55. The van der Waals surface area contributed by atoms with Crippen molar-refractivity contribution in [1.82, 2.24) is 4.98 Å². The van der Waals surface area contributed by atoms with E-state index in [1.54, 1.807) is 33.6 Å². The molecule has 2 aromatic rings. The predicted octanol–water partition coefficient (Wildman–Crippen LogP) is 2.26. The number of aromatic nitrogens is 1. The molecule has 4 rings (SSSR count). The van der Waals surface area contributed by atoms with E-state index >= 15 is 0 Å². The molecule has 2 heterocycles. The van der Waals surface area contributed by atoms with E-state index in [1.807, 2.05) is 19.1 Å². The maximum Gasteiger partial charge on any atom is 0.333 e. The van der Waals surface area contributed by atoms with E-state index in [0.29, 0.717) is 36.2 Å². The van der Waals surface area contributed by atoms with Gasteiger partial charge in [0, 0.05) is 23.7 Å². The van der Waals surface area contributed by atoms with Gasteiger partial charge in [-0.15, -0.1) is 0 Å². The van der Waals surface area contributed by atoms with Gasteiger partial charge in [0.2, 0.25) is 5.88 Å². The molecule has 1 aliphatic carbocycles. The number of carboxylic acid groups (broad SMARTS) is 2. The van der Waals surface area contributed by atoms with Gasteiger partial charge in [-0.25, -0.2) is 9.78 Å². The summed E-state index contributed by atoms with van der Waals surface area (Å²) in [6, 6.07) is 5.87. The molecule has 1 aromatic carbocycles. The first-order valence-electron chi connectivity index (χ1n) is 12.4. The van der Waals surface area contributed by atoms with Crippen LogP contribution in [0.4, 0.5) is 0 Å². The molecule has 212 valence electrons. The van der Waals surface area contributed by atoms with E-state index in [4.69, 9.17) is 39.3 Å². The van der Waals surface area contributed by atoms with Crippen molar-refractivity contribution >= 4 is 17.7 Å². The van der Waals surface area contributed by atoms with Crippen LogP contribution in [0.2, 0.25) is 0 Å². The van der Waals surface area contributed by atoms with Crippen LogP contribution >= 0.6 is 0 Å². The number of ether oxygens (including phenoxy) is 4. The second-order valence-corrected chi connectivity index (χ2v) is 9.02. The normalized spacial score (nSPS) is 20.2. The number of hydrogen-bond donors (Lipinski definition) is 4. The van der Waals surface area contributed by atoms with Crippen molar-refractivity contribution in [3.05, 3.63) is 41.1 Å². The zero-order chi connectivity index (χ0) is 28.7. The van der Waals surface area contributed by atoms with Crippen molar-refractivity contribution in [2.45, 2.75) is 56.8 Å². The van der Waals surface area contributed by atoms with Gasteiger partial charge in [0.05, 0.1) is 57.8 Å². The number of carbonyl (C=O) groups is 2. The summed E-state index contributed by atoms with van der Waals surface area (Å²) in [7, 11) is 4.83. The second-order valence-electron chi connectivity index (χ2n) is 9.02. The first-order valence-corrected chi connectivity index (χ1v) is 12.4. The summed E-state index contributed by atoms with van der Waals surface area (Å²) in [4.78, 5) is 28.9. The van der Waals surface area contributed by atoms with Gasteiger partial charge in [0.25, 0.3) is 0 Å². The van der Waals surface area contributed by atoms with Gasteiger partial charge in [-0.1, -0.05) is 0 Å². The number of benzene rings is 1. The molecule has 1 saturated carbocycles. The molecule has 0 bridgehead atoms. The number of aliphatic hydroxyl groups excluding tert-OH is 2. The largest absolute Gasteiger partial charge is 0.496 e. The molecule has 0 spiro atoms. The molecule has 12 nitrogen and oxygen atoms in total. The topological polar surface area (TPSA) is 177 Å². The minimum atomic E-state index is -1.79. The lowest BCUT2D eigenvalue weighted by molar-refractivity contribution is -0.152. The molecule has 4 atom stereocenters. The zero-order valence-corrected chi connectivity index (χ0v) is 22.3. The highest BCUT2D eigenvalue weighted by Crippen LogP contribution is 2.45. The predicted molar refractivity (Wildman–Crippen MR) is 139 cm³/mol. The molecule has 4 N–H and O–H groups in total. The Morgan fingerprint density at radius 3 is 2.28 bits per heavy atom. The molecule has 1 aromatic heterocycles. The highest BCUT2D eigenvalue weighted by atomic mass is 16.5. The van der Waals surface area contributed by atoms with Crippen LogP contribution in [0.15, 0.2) is 29.4 Å². The minimum Gasteiger partial charge on any atom is -0.496 e. The number of rotatable bonds is 9. The van der Waals surface area contributed by atoms with Crippen LogP contribution in [-0.2, 0) is 9.59 Å². The number of aliphatic carboxylic acids is 2. The number of hydrogen-bond acceptors (Lipinski definition) is 10. The van der Waals surface area contributed by atoms with Gasteiger partial charge in [-0.05, 0) is 43.9 Å². The highest BCUT2D eigenvalue weighted by molar-refractivity contribution is 6.16. The van der Waals surface area contributed by atoms with Crippen molar-refractivity contribution in [3.8, 4) is 23.1 Å². The lowest BCUT2D eigenvalue weighted by atomic mass is 9.74. The lowest BCUT2D eigenvalue weighted by Gasteiger charge is -2.37. The van der Waals surface area contributed by atoms with Crippen LogP contribution in [0.3, 0.4) is 0 Å². The first-order chi connectivity index (χ1) is 18.6. The quantitative estimate of drug-likeness (QED) is 0.363. The molecule has 12 heteroatoms. The van der Waals surface area contributed by atoms with Gasteiger partial charge in [0.1, 0.15) is 5.75 Å². The Kier molecular flexibility index (Phi) is 10.1. The summed E-state index contributed by atoms with van der Waals surface area (Å²) in [6.07, 6.45) is 1.14. The molecule has 0 unspecified atom stereocenters. The molecule has 39 heavy (non-hydrogen) atoms. The summed E-state index contributed by atoms with van der Waals surface area (Å²) in [5, 5.41) is 34.5. The molecule has 1 aliphatic heterocycles. The number of aliphatic hydroxyl groups is 2. The molecule has 1 fully saturated rings. The van der Waals surface area contributed by atoms with Crippen molar-refractivity contribution < 1.29 is 49.0 Å².